The van der Waals surface area contributed by atoms with Gasteiger partial charge in [0, 0.05) is 29.3 Å². The van der Waals surface area contributed by atoms with Crippen molar-refractivity contribution in [2.45, 2.75) is 6.42 Å². The van der Waals surface area contributed by atoms with Gasteiger partial charge in [0.2, 0.25) is 5.82 Å². The van der Waals surface area contributed by atoms with Gasteiger partial charge in [-0.05, 0) is 24.3 Å². The van der Waals surface area contributed by atoms with E-state index >= 15 is 0 Å². The smallest absolute Gasteiger partial charge is 0.215 e. The molecule has 0 radical (unpaired) electrons. The highest BCUT2D eigenvalue weighted by atomic mass is 32.1. The normalized spacial score (nSPS) is 11.5. The molecule has 0 amide bonds. The molecule has 0 aliphatic rings. The Morgan fingerprint density at radius 3 is 2.91 bits per heavy atom. The molecule has 3 rings (SSSR count). The number of aliphatic hydroxyl groups is 1. The van der Waals surface area contributed by atoms with Gasteiger partial charge in [0.25, 0.3) is 0 Å². The van der Waals surface area contributed by atoms with Gasteiger partial charge in [-0.2, -0.15) is 5.10 Å². The fourth-order valence-corrected chi connectivity index (χ4v) is 2.81. The fourth-order valence-electron chi connectivity index (χ4n) is 1.88. The second kappa shape index (κ2) is 6.31. The van der Waals surface area contributed by atoms with Crippen LogP contribution in [0.4, 0.5) is 0 Å². The molecule has 0 aromatic carbocycles. The van der Waals surface area contributed by atoms with Crippen LogP contribution in [-0.4, -0.2) is 31.1 Å². The minimum Gasteiger partial charge on any atom is -0.504 e. The number of aliphatic hydroxyl groups excluding tert-OH is 1. The maximum Gasteiger partial charge on any atom is 0.215 e. The van der Waals surface area contributed by atoms with Crippen molar-refractivity contribution in [2.75, 3.05) is 0 Å². The molecule has 0 aliphatic carbocycles. The molecule has 110 valence electrons. The van der Waals surface area contributed by atoms with E-state index in [2.05, 4.69) is 20.2 Å². The van der Waals surface area contributed by atoms with E-state index in [1.165, 1.54) is 17.7 Å². The van der Waals surface area contributed by atoms with Gasteiger partial charge in [-0.25, -0.2) is 4.98 Å². The number of nitrogens with zero attached hydrogens (tertiary/aromatic N) is 3. The molecule has 0 fully saturated rings. The Morgan fingerprint density at radius 2 is 2.18 bits per heavy atom. The third kappa shape index (κ3) is 3.26. The molecule has 22 heavy (non-hydrogen) atoms. The zero-order valence-electron chi connectivity index (χ0n) is 11.4. The molecule has 6 nitrogen and oxygen atoms in total. The van der Waals surface area contributed by atoms with Gasteiger partial charge in [0.15, 0.2) is 11.5 Å². The highest BCUT2D eigenvalue weighted by Gasteiger charge is 2.11. The second-order valence-electron chi connectivity index (χ2n) is 4.48. The molecule has 0 bridgehead atoms. The number of aromatic nitrogens is 4. The van der Waals surface area contributed by atoms with Crippen LogP contribution < -0.4 is 0 Å². The van der Waals surface area contributed by atoms with E-state index in [9.17, 15) is 9.90 Å². The number of thiophene rings is 1. The summed E-state index contributed by atoms with van der Waals surface area (Å²) >= 11 is 1.38. The maximum absolute atomic E-state index is 12.1. The predicted octanol–water partition coefficient (Wildman–Crippen LogP) is 2.63. The van der Waals surface area contributed by atoms with Crippen molar-refractivity contribution in [3.63, 3.8) is 0 Å². The number of ketones is 1. The van der Waals surface area contributed by atoms with E-state index in [-0.39, 0.29) is 17.4 Å². The minimum atomic E-state index is -0.278. The first-order valence-corrected chi connectivity index (χ1v) is 7.34. The maximum atomic E-state index is 12.1. The average Bonchev–Trinajstić information content (AvgIpc) is 3.19. The summed E-state index contributed by atoms with van der Waals surface area (Å²) in [6, 6.07) is 9.37. The Bertz CT molecular complexity index is 794. The van der Waals surface area contributed by atoms with E-state index in [0.29, 0.717) is 11.3 Å². The highest BCUT2D eigenvalue weighted by molar-refractivity contribution is 7.14. The molecule has 7 heteroatoms. The first-order chi connectivity index (χ1) is 10.7. The van der Waals surface area contributed by atoms with Crippen LogP contribution in [0.2, 0.25) is 0 Å². The zero-order chi connectivity index (χ0) is 15.4. The van der Waals surface area contributed by atoms with Gasteiger partial charge < -0.3 is 5.11 Å². The summed E-state index contributed by atoms with van der Waals surface area (Å²) in [7, 11) is 0. The summed E-state index contributed by atoms with van der Waals surface area (Å²) in [5.74, 6) is -0.441. The van der Waals surface area contributed by atoms with E-state index < -0.39 is 0 Å². The molecular formula is C15H12N4O2S. The first kappa shape index (κ1) is 14.2. The highest BCUT2D eigenvalue weighted by Crippen LogP contribution is 2.21. The summed E-state index contributed by atoms with van der Waals surface area (Å²) in [5.41, 5.74) is 0.947. The summed E-state index contributed by atoms with van der Waals surface area (Å²) in [6.07, 6.45) is 4.88. The largest absolute Gasteiger partial charge is 0.504 e. The standard InChI is InChI=1S/C15H12N4O2S/c20-12(8-13(21)15-17-9-18-19-15)14-5-4-11(22-14)7-10-3-1-2-6-16-10/h1-6,8-9,21H,7H2,(H,17,18,19). The van der Waals surface area contributed by atoms with Crippen molar-refractivity contribution in [1.82, 2.24) is 20.2 Å². The number of allylic oxidation sites excluding steroid dienone is 1. The lowest BCUT2D eigenvalue weighted by atomic mass is 10.2. The van der Waals surface area contributed by atoms with Crippen LogP contribution in [0.5, 0.6) is 0 Å². The van der Waals surface area contributed by atoms with Gasteiger partial charge in [-0.3, -0.25) is 14.9 Å². The van der Waals surface area contributed by atoms with Crippen LogP contribution in [0, 0.1) is 0 Å². The van der Waals surface area contributed by atoms with E-state index in [0.717, 1.165) is 16.6 Å². The van der Waals surface area contributed by atoms with Crippen molar-refractivity contribution < 1.29 is 9.90 Å². The lowest BCUT2D eigenvalue weighted by Crippen LogP contribution is -1.94. The molecule has 0 spiro atoms. The lowest BCUT2D eigenvalue weighted by molar-refractivity contribution is 0.104. The number of H-pyrrole nitrogens is 1. The summed E-state index contributed by atoms with van der Waals surface area (Å²) in [4.78, 5) is 21.7. The topological polar surface area (TPSA) is 91.8 Å². The minimum absolute atomic E-state index is 0.0959. The summed E-state index contributed by atoms with van der Waals surface area (Å²) in [6.45, 7) is 0. The molecule has 0 saturated heterocycles. The quantitative estimate of drug-likeness (QED) is 0.429. The molecule has 3 aromatic rings. The number of pyridine rings is 1. The number of hydrogen-bond donors (Lipinski definition) is 2. The Labute approximate surface area is 130 Å². The molecule has 0 saturated carbocycles. The predicted molar refractivity (Wildman–Crippen MR) is 82.7 cm³/mol. The van der Waals surface area contributed by atoms with Crippen LogP contribution in [0.3, 0.4) is 0 Å². The third-order valence-corrected chi connectivity index (χ3v) is 4.00. The summed E-state index contributed by atoms with van der Waals surface area (Å²) < 4.78 is 0. The molecule has 0 unspecified atom stereocenters. The monoisotopic (exact) mass is 312 g/mol. The van der Waals surface area contributed by atoms with E-state index in [4.69, 9.17) is 0 Å². The molecule has 2 N–H and O–H groups in total. The molecule has 3 heterocycles. The molecule has 3 aromatic heterocycles. The van der Waals surface area contributed by atoms with Crippen LogP contribution in [0.1, 0.15) is 26.1 Å². The number of hydrogen-bond acceptors (Lipinski definition) is 6. The molecule has 0 aliphatic heterocycles. The Balaban J connectivity index is 1.73. The Kier molecular flexibility index (Phi) is 4.06. The third-order valence-electron chi connectivity index (χ3n) is 2.90. The lowest BCUT2D eigenvalue weighted by Gasteiger charge is -1.96. The number of carbonyl (C=O) groups is 1. The van der Waals surface area contributed by atoms with Gasteiger partial charge in [-0.15, -0.1) is 11.3 Å². The van der Waals surface area contributed by atoms with Crippen LogP contribution in [-0.2, 0) is 6.42 Å². The van der Waals surface area contributed by atoms with Crippen LogP contribution in [0.25, 0.3) is 5.76 Å². The van der Waals surface area contributed by atoms with Crippen LogP contribution in [0.15, 0.2) is 48.9 Å². The average molecular weight is 312 g/mol. The SMILES string of the molecule is O=C(C=C(O)c1nc[nH]n1)c1ccc(Cc2ccccn2)s1. The van der Waals surface area contributed by atoms with Gasteiger partial charge in [-0.1, -0.05) is 6.07 Å². The van der Waals surface area contributed by atoms with Gasteiger partial charge in [0.05, 0.1) is 4.88 Å². The van der Waals surface area contributed by atoms with Crippen LogP contribution >= 0.6 is 11.3 Å². The van der Waals surface area contributed by atoms with E-state index in [1.54, 1.807) is 12.3 Å². The van der Waals surface area contributed by atoms with E-state index in [1.807, 2.05) is 24.3 Å². The second-order valence-corrected chi connectivity index (χ2v) is 5.65. The number of rotatable bonds is 5. The first-order valence-electron chi connectivity index (χ1n) is 6.52. The van der Waals surface area contributed by atoms with Gasteiger partial charge in [0.1, 0.15) is 6.33 Å². The molecular weight excluding hydrogens is 300 g/mol. The zero-order valence-corrected chi connectivity index (χ0v) is 12.2. The van der Waals surface area contributed by atoms with Gasteiger partial charge >= 0.3 is 0 Å². The fraction of sp³-hybridized carbons (Fsp3) is 0.0667. The van der Waals surface area contributed by atoms with Crippen molar-refractivity contribution >= 4 is 22.9 Å². The van der Waals surface area contributed by atoms with Crippen molar-refractivity contribution in [3.05, 3.63) is 70.2 Å². The number of carbonyl (C=O) groups excluding carboxylic acids is 1. The van der Waals surface area contributed by atoms with Crippen molar-refractivity contribution in [1.29, 1.82) is 0 Å². The Morgan fingerprint density at radius 1 is 1.27 bits per heavy atom. The molecule has 0 atom stereocenters. The Hall–Kier alpha value is -2.80. The summed E-state index contributed by atoms with van der Waals surface area (Å²) in [5, 5.41) is 16.0. The number of nitrogens with one attached hydrogen (secondary N) is 1. The number of aromatic amines is 1. The van der Waals surface area contributed by atoms with Crippen molar-refractivity contribution in [3.8, 4) is 0 Å². The van der Waals surface area contributed by atoms with Crippen molar-refractivity contribution in [2.24, 2.45) is 0 Å².